The summed E-state index contributed by atoms with van der Waals surface area (Å²) in [4.78, 5) is 28.2. The molecule has 0 saturated heterocycles. The van der Waals surface area contributed by atoms with E-state index in [0.717, 1.165) is 11.1 Å². The molecule has 4 rings (SSSR count). The molecule has 0 fully saturated rings. The largest absolute Gasteiger partial charge is 0.464 e. The first-order valence-electron chi connectivity index (χ1n) is 10.6. The van der Waals surface area contributed by atoms with Crippen LogP contribution in [0.4, 0.5) is 11.4 Å². The Morgan fingerprint density at radius 2 is 1.69 bits per heavy atom. The molecule has 0 aliphatic carbocycles. The fourth-order valence-electron chi connectivity index (χ4n) is 4.04. The van der Waals surface area contributed by atoms with Crippen LogP contribution in [0.5, 0.6) is 0 Å². The number of nitrogens with zero attached hydrogens (tertiary/aromatic N) is 1. The molecule has 1 heterocycles. The van der Waals surface area contributed by atoms with E-state index in [1.54, 1.807) is 37.3 Å². The molecule has 0 saturated carbocycles. The molecule has 1 aliphatic heterocycles. The van der Waals surface area contributed by atoms with Gasteiger partial charge in [-0.3, -0.25) is 4.79 Å². The van der Waals surface area contributed by atoms with Gasteiger partial charge in [0.05, 0.1) is 18.8 Å². The molecule has 0 bridgehead atoms. The molecule has 2 N–H and O–H groups in total. The van der Waals surface area contributed by atoms with Crippen LogP contribution >= 0.6 is 0 Å². The van der Waals surface area contributed by atoms with E-state index in [9.17, 15) is 14.7 Å². The first kappa shape index (κ1) is 21.6. The molecule has 0 aromatic heterocycles. The molecule has 32 heavy (non-hydrogen) atoms. The van der Waals surface area contributed by atoms with Crippen LogP contribution in [0, 0.1) is 6.92 Å². The molecule has 0 unspecified atom stereocenters. The predicted molar refractivity (Wildman–Crippen MR) is 123 cm³/mol. The van der Waals surface area contributed by atoms with Gasteiger partial charge < -0.3 is 20.1 Å². The molecular weight excluding hydrogens is 404 g/mol. The molecule has 6 heteroatoms. The van der Waals surface area contributed by atoms with Gasteiger partial charge in [0, 0.05) is 11.3 Å². The van der Waals surface area contributed by atoms with Gasteiger partial charge in [-0.1, -0.05) is 66.2 Å². The molecular formula is C26H26N2O4. The average molecular weight is 431 g/mol. The summed E-state index contributed by atoms with van der Waals surface area (Å²) in [5.41, 5.74) is 1.40. The maximum absolute atomic E-state index is 13.7. The number of nitrogens with one attached hydrogen (secondary N) is 1. The number of fused-ring (bicyclic) bond motifs is 1. The number of hydrogen-bond acceptors (Lipinski definition) is 5. The SMILES string of the molecule is CCOC(=O)[C@H](Nc1ccc(C)cc1)[C@]1(O)C(=O)N(Cc2ccccc2)c2ccccc21. The number of amides is 1. The van der Waals surface area contributed by atoms with Crippen molar-refractivity contribution in [2.45, 2.75) is 32.0 Å². The van der Waals surface area contributed by atoms with Crippen molar-refractivity contribution in [1.82, 2.24) is 0 Å². The Morgan fingerprint density at radius 1 is 1.03 bits per heavy atom. The number of esters is 1. The summed E-state index contributed by atoms with van der Waals surface area (Å²) < 4.78 is 5.26. The predicted octanol–water partition coefficient (Wildman–Crippen LogP) is 3.77. The smallest absolute Gasteiger partial charge is 0.332 e. The Bertz CT molecular complexity index is 1110. The van der Waals surface area contributed by atoms with Gasteiger partial charge in [0.1, 0.15) is 0 Å². The summed E-state index contributed by atoms with van der Waals surface area (Å²) in [5, 5.41) is 14.9. The minimum Gasteiger partial charge on any atom is -0.464 e. The van der Waals surface area contributed by atoms with Gasteiger partial charge in [-0.05, 0) is 37.6 Å². The molecule has 3 aromatic rings. The van der Waals surface area contributed by atoms with Crippen molar-refractivity contribution in [1.29, 1.82) is 0 Å². The fraction of sp³-hybridized carbons (Fsp3) is 0.231. The number of carbonyl (C=O) groups excluding carboxylic acids is 2. The van der Waals surface area contributed by atoms with Crippen LogP contribution in [-0.4, -0.2) is 29.6 Å². The summed E-state index contributed by atoms with van der Waals surface area (Å²) in [7, 11) is 0. The zero-order chi connectivity index (χ0) is 22.7. The number of ether oxygens (including phenoxy) is 1. The Morgan fingerprint density at radius 3 is 2.38 bits per heavy atom. The lowest BCUT2D eigenvalue weighted by molar-refractivity contribution is -0.156. The number of aliphatic hydroxyl groups is 1. The number of rotatable bonds is 7. The van der Waals surface area contributed by atoms with Gasteiger partial charge in [0.15, 0.2) is 6.04 Å². The quantitative estimate of drug-likeness (QED) is 0.558. The minimum atomic E-state index is -2.12. The Labute approximate surface area is 187 Å². The highest BCUT2D eigenvalue weighted by Crippen LogP contribution is 2.44. The number of carbonyl (C=O) groups is 2. The van der Waals surface area contributed by atoms with Crippen LogP contribution in [0.1, 0.15) is 23.6 Å². The summed E-state index contributed by atoms with van der Waals surface area (Å²) in [5.74, 6) is -1.26. The molecule has 0 spiro atoms. The van der Waals surface area contributed by atoms with E-state index < -0.39 is 23.5 Å². The van der Waals surface area contributed by atoms with Gasteiger partial charge in [-0.2, -0.15) is 0 Å². The highest BCUT2D eigenvalue weighted by atomic mass is 16.5. The van der Waals surface area contributed by atoms with E-state index in [-0.39, 0.29) is 13.2 Å². The van der Waals surface area contributed by atoms with Gasteiger partial charge in [-0.15, -0.1) is 0 Å². The highest BCUT2D eigenvalue weighted by molar-refractivity contribution is 6.10. The van der Waals surface area contributed by atoms with E-state index >= 15 is 0 Å². The van der Waals surface area contributed by atoms with E-state index in [0.29, 0.717) is 16.9 Å². The standard InChI is InChI=1S/C26H26N2O4/c1-3-32-24(29)23(27-20-15-13-18(2)14-16-20)26(31)21-11-7-8-12-22(21)28(25(26)30)17-19-9-5-4-6-10-19/h4-16,23,27,31H,3,17H2,1-2H3/t23-,26-/m0/s1. The van der Waals surface area contributed by atoms with Crippen LogP contribution in [0.2, 0.25) is 0 Å². The average Bonchev–Trinajstić information content (AvgIpc) is 3.02. The number of anilines is 2. The first-order chi connectivity index (χ1) is 15.4. The second-order valence-corrected chi connectivity index (χ2v) is 7.86. The molecule has 3 aromatic carbocycles. The van der Waals surface area contributed by atoms with Crippen LogP contribution < -0.4 is 10.2 Å². The molecule has 0 radical (unpaired) electrons. The lowest BCUT2D eigenvalue weighted by Gasteiger charge is -2.31. The third-order valence-electron chi connectivity index (χ3n) is 5.66. The van der Waals surface area contributed by atoms with E-state index in [1.165, 1.54) is 4.90 Å². The molecule has 2 atom stereocenters. The van der Waals surface area contributed by atoms with Crippen molar-refractivity contribution in [3.8, 4) is 0 Å². The number of para-hydroxylation sites is 1. The second kappa shape index (κ2) is 8.85. The maximum Gasteiger partial charge on any atom is 0.332 e. The lowest BCUT2D eigenvalue weighted by Crippen LogP contribution is -2.55. The molecule has 6 nitrogen and oxygen atoms in total. The van der Waals surface area contributed by atoms with Crippen LogP contribution in [0.3, 0.4) is 0 Å². The van der Waals surface area contributed by atoms with Gasteiger partial charge in [0.25, 0.3) is 5.91 Å². The van der Waals surface area contributed by atoms with Gasteiger partial charge in [0.2, 0.25) is 5.60 Å². The number of hydrogen-bond donors (Lipinski definition) is 2. The van der Waals surface area contributed by atoms with Crippen LogP contribution in [0.25, 0.3) is 0 Å². The zero-order valence-corrected chi connectivity index (χ0v) is 18.1. The van der Waals surface area contributed by atoms with Crippen molar-refractivity contribution >= 4 is 23.3 Å². The monoisotopic (exact) mass is 430 g/mol. The Balaban J connectivity index is 1.77. The first-order valence-corrected chi connectivity index (χ1v) is 10.6. The Kier molecular flexibility index (Phi) is 5.97. The second-order valence-electron chi connectivity index (χ2n) is 7.86. The minimum absolute atomic E-state index is 0.130. The number of benzene rings is 3. The van der Waals surface area contributed by atoms with Crippen molar-refractivity contribution in [3.05, 3.63) is 95.6 Å². The molecule has 164 valence electrons. The van der Waals surface area contributed by atoms with E-state index in [2.05, 4.69) is 5.32 Å². The highest BCUT2D eigenvalue weighted by Gasteiger charge is 2.58. The van der Waals surface area contributed by atoms with Gasteiger partial charge >= 0.3 is 5.97 Å². The summed E-state index contributed by atoms with van der Waals surface area (Å²) in [6.45, 7) is 4.05. The fourth-order valence-corrected chi connectivity index (χ4v) is 4.04. The summed E-state index contributed by atoms with van der Waals surface area (Å²) >= 11 is 0. The van der Waals surface area contributed by atoms with Crippen molar-refractivity contribution < 1.29 is 19.4 Å². The maximum atomic E-state index is 13.7. The lowest BCUT2D eigenvalue weighted by atomic mass is 9.87. The van der Waals surface area contributed by atoms with Crippen molar-refractivity contribution in [2.24, 2.45) is 0 Å². The topological polar surface area (TPSA) is 78.9 Å². The third kappa shape index (κ3) is 3.85. The zero-order valence-electron chi connectivity index (χ0n) is 18.1. The van der Waals surface area contributed by atoms with Crippen molar-refractivity contribution in [3.63, 3.8) is 0 Å². The van der Waals surface area contributed by atoms with Crippen molar-refractivity contribution in [2.75, 3.05) is 16.8 Å². The third-order valence-corrected chi connectivity index (χ3v) is 5.66. The normalized spacial score (nSPS) is 18.2. The van der Waals surface area contributed by atoms with Crippen LogP contribution in [0.15, 0.2) is 78.9 Å². The number of aryl methyl sites for hydroxylation is 1. The molecule has 1 aliphatic rings. The molecule has 1 amide bonds. The van der Waals surface area contributed by atoms with E-state index in [1.807, 2.05) is 55.5 Å². The summed E-state index contributed by atoms with van der Waals surface area (Å²) in [6.07, 6.45) is 0. The Hall–Kier alpha value is -3.64. The van der Waals surface area contributed by atoms with E-state index in [4.69, 9.17) is 4.74 Å². The summed E-state index contributed by atoms with van der Waals surface area (Å²) in [6, 6.07) is 22.6. The van der Waals surface area contributed by atoms with Gasteiger partial charge in [-0.25, -0.2) is 4.79 Å². The van der Waals surface area contributed by atoms with Crippen LogP contribution in [-0.2, 0) is 26.5 Å².